The van der Waals surface area contributed by atoms with Crippen LogP contribution in [0.1, 0.15) is 5.69 Å². The van der Waals surface area contributed by atoms with Gasteiger partial charge in [0.1, 0.15) is 5.82 Å². The Labute approximate surface area is 98.2 Å². The molecule has 84 valence electrons. The molecule has 0 radical (unpaired) electrons. The van der Waals surface area contributed by atoms with Gasteiger partial charge in [0.15, 0.2) is 0 Å². The first-order valence-electron chi connectivity index (χ1n) is 4.78. The Hall–Kier alpha value is -1.75. The molecule has 2 aromatic rings. The second kappa shape index (κ2) is 4.40. The summed E-state index contributed by atoms with van der Waals surface area (Å²) >= 11 is 5.75. The van der Waals surface area contributed by atoms with Gasteiger partial charge < -0.3 is 11.1 Å². The number of anilines is 2. The predicted molar refractivity (Wildman–Crippen MR) is 64.2 cm³/mol. The molecule has 0 aliphatic rings. The van der Waals surface area contributed by atoms with Gasteiger partial charge in [-0.05, 0) is 12.1 Å². The highest BCUT2D eigenvalue weighted by Crippen LogP contribution is 2.19. The molecule has 0 aliphatic carbocycles. The Morgan fingerprint density at radius 2 is 2.38 bits per heavy atom. The van der Waals surface area contributed by atoms with Crippen molar-refractivity contribution >= 4 is 23.1 Å². The Morgan fingerprint density at radius 3 is 3.00 bits per heavy atom. The van der Waals surface area contributed by atoms with Crippen molar-refractivity contribution < 1.29 is 0 Å². The maximum Gasteiger partial charge on any atom is 0.149 e. The quantitative estimate of drug-likeness (QED) is 0.852. The average molecular weight is 238 g/mol. The second-order valence-electron chi connectivity index (χ2n) is 3.43. The third-order valence-electron chi connectivity index (χ3n) is 2.09. The maximum atomic E-state index is 5.76. The van der Waals surface area contributed by atoms with E-state index in [1.165, 1.54) is 0 Å². The van der Waals surface area contributed by atoms with Crippen molar-refractivity contribution in [3.63, 3.8) is 0 Å². The third-order valence-corrected chi connectivity index (χ3v) is 2.30. The largest absolute Gasteiger partial charge is 0.396 e. The maximum absolute atomic E-state index is 5.76. The van der Waals surface area contributed by atoms with Crippen molar-refractivity contribution in [2.24, 2.45) is 7.05 Å². The molecule has 6 heteroatoms. The molecule has 5 nitrogen and oxygen atoms in total. The lowest BCUT2D eigenvalue weighted by Gasteiger charge is -2.06. The van der Waals surface area contributed by atoms with E-state index in [2.05, 4.69) is 15.4 Å². The van der Waals surface area contributed by atoms with E-state index in [4.69, 9.17) is 17.3 Å². The minimum atomic E-state index is 0.529. The van der Waals surface area contributed by atoms with Crippen LogP contribution >= 0.6 is 11.6 Å². The molecule has 0 atom stereocenters. The molecule has 16 heavy (non-hydrogen) atoms. The summed E-state index contributed by atoms with van der Waals surface area (Å²) in [6.45, 7) is 0.583. The Balaban J connectivity index is 2.04. The van der Waals surface area contributed by atoms with E-state index in [0.29, 0.717) is 23.1 Å². The van der Waals surface area contributed by atoms with Crippen molar-refractivity contribution in [3.8, 4) is 0 Å². The number of nitrogens with zero attached hydrogens (tertiary/aromatic N) is 3. The first kappa shape index (κ1) is 10.8. The zero-order chi connectivity index (χ0) is 11.5. The number of nitrogens with one attached hydrogen (secondary N) is 1. The van der Waals surface area contributed by atoms with E-state index in [1.54, 1.807) is 16.9 Å². The van der Waals surface area contributed by atoms with E-state index in [9.17, 15) is 0 Å². The van der Waals surface area contributed by atoms with Crippen LogP contribution in [-0.4, -0.2) is 14.8 Å². The number of pyridine rings is 1. The van der Waals surface area contributed by atoms with E-state index in [0.717, 1.165) is 5.69 Å². The number of rotatable bonds is 3. The highest BCUT2D eigenvalue weighted by atomic mass is 35.5. The highest BCUT2D eigenvalue weighted by molar-refractivity contribution is 6.30. The van der Waals surface area contributed by atoms with Crippen molar-refractivity contribution in [3.05, 3.63) is 35.2 Å². The molecule has 0 unspecified atom stereocenters. The number of hydrogen-bond donors (Lipinski definition) is 2. The van der Waals surface area contributed by atoms with Gasteiger partial charge in [-0.1, -0.05) is 11.6 Å². The predicted octanol–water partition coefficient (Wildman–Crippen LogP) is 1.66. The summed E-state index contributed by atoms with van der Waals surface area (Å²) in [6.07, 6.45) is 3.44. The van der Waals surface area contributed by atoms with Gasteiger partial charge in [0, 0.05) is 19.4 Å². The summed E-state index contributed by atoms with van der Waals surface area (Å²) in [6, 6.07) is 3.59. The third kappa shape index (κ3) is 2.43. The molecule has 0 bridgehead atoms. The van der Waals surface area contributed by atoms with Gasteiger partial charge in [0.2, 0.25) is 0 Å². The van der Waals surface area contributed by atoms with E-state index >= 15 is 0 Å². The molecule has 0 spiro atoms. The van der Waals surface area contributed by atoms with Crippen LogP contribution in [0.5, 0.6) is 0 Å². The van der Waals surface area contributed by atoms with Crippen molar-refractivity contribution in [1.82, 2.24) is 14.8 Å². The summed E-state index contributed by atoms with van der Waals surface area (Å²) < 4.78 is 1.75. The fraction of sp³-hybridized carbons (Fsp3) is 0.200. The minimum Gasteiger partial charge on any atom is -0.396 e. The van der Waals surface area contributed by atoms with Gasteiger partial charge >= 0.3 is 0 Å². The van der Waals surface area contributed by atoms with Crippen molar-refractivity contribution in [2.45, 2.75) is 6.54 Å². The van der Waals surface area contributed by atoms with Crippen LogP contribution < -0.4 is 11.1 Å². The second-order valence-corrected chi connectivity index (χ2v) is 3.86. The molecule has 3 N–H and O–H groups in total. The van der Waals surface area contributed by atoms with Crippen LogP contribution in [0.2, 0.25) is 5.02 Å². The van der Waals surface area contributed by atoms with Crippen LogP contribution in [0.3, 0.4) is 0 Å². The lowest BCUT2D eigenvalue weighted by atomic mass is 10.3. The molecule has 0 saturated heterocycles. The van der Waals surface area contributed by atoms with Crippen LogP contribution in [0.15, 0.2) is 24.5 Å². The average Bonchev–Trinajstić information content (AvgIpc) is 2.63. The molecule has 2 aromatic heterocycles. The molecule has 0 saturated carbocycles. The smallest absolute Gasteiger partial charge is 0.149 e. The van der Waals surface area contributed by atoms with Crippen LogP contribution in [0.4, 0.5) is 11.5 Å². The SMILES string of the molecule is Cn1ccc(CNc2ncc(Cl)cc2N)n1. The number of aryl methyl sites for hydroxylation is 1. The first-order chi connectivity index (χ1) is 7.65. The molecule has 0 amide bonds. The Bertz CT molecular complexity index is 494. The number of aromatic nitrogens is 3. The van der Waals surface area contributed by atoms with Crippen LogP contribution in [-0.2, 0) is 13.6 Å². The fourth-order valence-corrected chi connectivity index (χ4v) is 1.50. The van der Waals surface area contributed by atoms with Gasteiger partial charge in [-0.2, -0.15) is 5.10 Å². The Morgan fingerprint density at radius 1 is 1.56 bits per heavy atom. The topological polar surface area (TPSA) is 68.8 Å². The monoisotopic (exact) mass is 237 g/mol. The number of hydrogen-bond acceptors (Lipinski definition) is 4. The number of halogens is 1. The van der Waals surface area contributed by atoms with E-state index < -0.39 is 0 Å². The summed E-state index contributed by atoms with van der Waals surface area (Å²) in [5.41, 5.74) is 7.22. The van der Waals surface area contributed by atoms with Gasteiger partial charge in [-0.25, -0.2) is 4.98 Å². The van der Waals surface area contributed by atoms with E-state index in [-0.39, 0.29) is 0 Å². The zero-order valence-corrected chi connectivity index (χ0v) is 9.57. The fourth-order valence-electron chi connectivity index (χ4n) is 1.33. The van der Waals surface area contributed by atoms with Gasteiger partial charge in [-0.3, -0.25) is 4.68 Å². The molecule has 0 aromatic carbocycles. The zero-order valence-electron chi connectivity index (χ0n) is 8.81. The van der Waals surface area contributed by atoms with Crippen LogP contribution in [0.25, 0.3) is 0 Å². The minimum absolute atomic E-state index is 0.529. The lowest BCUT2D eigenvalue weighted by molar-refractivity contribution is 0.747. The van der Waals surface area contributed by atoms with E-state index in [1.807, 2.05) is 19.3 Å². The normalized spacial score (nSPS) is 10.4. The summed E-state index contributed by atoms with van der Waals surface area (Å²) in [4.78, 5) is 4.10. The first-order valence-corrected chi connectivity index (χ1v) is 5.16. The molecule has 0 fully saturated rings. The number of nitrogens with two attached hydrogens (primary N) is 1. The molecule has 2 heterocycles. The summed E-state index contributed by atoms with van der Waals surface area (Å²) in [5.74, 6) is 0.620. The van der Waals surface area contributed by atoms with Crippen molar-refractivity contribution in [1.29, 1.82) is 0 Å². The molecule has 2 rings (SSSR count). The Kier molecular flexibility index (Phi) is 2.96. The lowest BCUT2D eigenvalue weighted by Crippen LogP contribution is -2.05. The summed E-state index contributed by atoms with van der Waals surface area (Å²) in [7, 11) is 1.87. The van der Waals surface area contributed by atoms with Gasteiger partial charge in [0.25, 0.3) is 0 Å². The summed E-state index contributed by atoms with van der Waals surface area (Å²) in [5, 5.41) is 7.86. The van der Waals surface area contributed by atoms with Crippen molar-refractivity contribution in [2.75, 3.05) is 11.1 Å². The molecular weight excluding hydrogens is 226 g/mol. The molecular formula is C10H12ClN5. The molecule has 0 aliphatic heterocycles. The number of nitrogen functional groups attached to an aromatic ring is 1. The van der Waals surface area contributed by atoms with Crippen LogP contribution in [0, 0.1) is 0 Å². The van der Waals surface area contributed by atoms with Gasteiger partial charge in [0.05, 0.1) is 22.9 Å². The highest BCUT2D eigenvalue weighted by Gasteiger charge is 2.02. The van der Waals surface area contributed by atoms with Gasteiger partial charge in [-0.15, -0.1) is 0 Å². The standard InChI is InChI=1S/C10H12ClN5/c1-16-3-2-8(15-16)6-14-10-9(12)4-7(11)5-13-10/h2-5H,6,12H2,1H3,(H,13,14).